The molecule has 6 heteroatoms. The number of hydrogen-bond acceptors (Lipinski definition) is 3. The van der Waals surface area contributed by atoms with Crippen LogP contribution in [0.25, 0.3) is 0 Å². The summed E-state index contributed by atoms with van der Waals surface area (Å²) in [7, 11) is 0. The number of amides is 2. The number of rotatable bonds is 9. The van der Waals surface area contributed by atoms with Crippen LogP contribution in [-0.2, 0) is 16.1 Å². The lowest BCUT2D eigenvalue weighted by Crippen LogP contribution is -2.52. The normalized spacial score (nSPS) is 14.8. The van der Waals surface area contributed by atoms with E-state index < -0.39 is 6.04 Å². The third-order valence-electron chi connectivity index (χ3n) is 5.80. The summed E-state index contributed by atoms with van der Waals surface area (Å²) in [6.45, 7) is 4.08. The number of halogens is 1. The highest BCUT2D eigenvalue weighted by atomic mass is 35.5. The third-order valence-corrected chi connectivity index (χ3v) is 6.05. The van der Waals surface area contributed by atoms with E-state index in [1.165, 1.54) is 0 Å². The van der Waals surface area contributed by atoms with Gasteiger partial charge in [-0.2, -0.15) is 0 Å². The van der Waals surface area contributed by atoms with Crippen molar-refractivity contribution >= 4 is 23.4 Å². The van der Waals surface area contributed by atoms with Gasteiger partial charge in [0, 0.05) is 17.6 Å². The van der Waals surface area contributed by atoms with E-state index in [9.17, 15) is 9.59 Å². The molecule has 0 unspecified atom stereocenters. The molecule has 1 aliphatic rings. The Morgan fingerprint density at radius 1 is 1.13 bits per heavy atom. The van der Waals surface area contributed by atoms with Crippen LogP contribution < -0.4 is 10.1 Å². The minimum atomic E-state index is -0.552. The van der Waals surface area contributed by atoms with Crippen LogP contribution >= 0.6 is 11.6 Å². The second-order valence-corrected chi connectivity index (χ2v) is 8.55. The molecule has 1 N–H and O–H groups in total. The number of carbonyl (C=O) groups excluding carboxylic acids is 2. The molecule has 3 rings (SSSR count). The SMILES string of the molecule is CC[C@@H](C(=O)NC1CCCC1)N(Cc1ccc(Cl)cc1)C(=O)COc1ccccc1C. The number of aryl methyl sites for hydroxylation is 1. The van der Waals surface area contributed by atoms with Gasteiger partial charge in [-0.3, -0.25) is 9.59 Å². The first-order valence-electron chi connectivity index (χ1n) is 11.0. The monoisotopic (exact) mass is 442 g/mol. The van der Waals surface area contributed by atoms with Crippen LogP contribution in [0.1, 0.15) is 50.2 Å². The van der Waals surface area contributed by atoms with E-state index in [-0.39, 0.29) is 24.5 Å². The minimum absolute atomic E-state index is 0.0902. The van der Waals surface area contributed by atoms with Gasteiger partial charge in [-0.1, -0.05) is 61.7 Å². The molecule has 0 aromatic heterocycles. The second-order valence-electron chi connectivity index (χ2n) is 8.12. The van der Waals surface area contributed by atoms with Gasteiger partial charge in [0.25, 0.3) is 5.91 Å². The lowest BCUT2D eigenvalue weighted by atomic mass is 10.1. The molecule has 2 aromatic rings. The maximum Gasteiger partial charge on any atom is 0.261 e. The van der Waals surface area contributed by atoms with Crippen LogP contribution in [0.4, 0.5) is 0 Å². The Morgan fingerprint density at radius 2 is 1.81 bits per heavy atom. The molecule has 1 fully saturated rings. The molecule has 1 saturated carbocycles. The topological polar surface area (TPSA) is 58.6 Å². The lowest BCUT2D eigenvalue weighted by Gasteiger charge is -2.31. The highest BCUT2D eigenvalue weighted by molar-refractivity contribution is 6.30. The lowest BCUT2D eigenvalue weighted by molar-refractivity contribution is -0.143. The van der Waals surface area contributed by atoms with Crippen molar-refractivity contribution in [3.05, 3.63) is 64.7 Å². The number of hydrogen-bond donors (Lipinski definition) is 1. The van der Waals surface area contributed by atoms with Crippen molar-refractivity contribution in [3.63, 3.8) is 0 Å². The van der Waals surface area contributed by atoms with E-state index >= 15 is 0 Å². The van der Waals surface area contributed by atoms with Gasteiger partial charge in [0.2, 0.25) is 5.91 Å². The van der Waals surface area contributed by atoms with Gasteiger partial charge < -0.3 is 15.0 Å². The van der Waals surface area contributed by atoms with E-state index in [4.69, 9.17) is 16.3 Å². The van der Waals surface area contributed by atoms with Crippen molar-refractivity contribution in [1.29, 1.82) is 0 Å². The summed E-state index contributed by atoms with van der Waals surface area (Å²) in [4.78, 5) is 27.9. The zero-order valence-corrected chi connectivity index (χ0v) is 19.0. The standard InChI is InChI=1S/C25H31ClN2O3/c1-3-22(25(30)27-21-9-5-6-10-21)28(16-19-12-14-20(26)15-13-19)24(29)17-31-23-11-7-4-8-18(23)2/h4,7-8,11-15,21-22H,3,5-6,9-10,16-17H2,1-2H3,(H,27,30)/t22-/m0/s1. The molecule has 31 heavy (non-hydrogen) atoms. The highest BCUT2D eigenvalue weighted by Crippen LogP contribution is 2.21. The van der Waals surface area contributed by atoms with E-state index in [1.54, 1.807) is 17.0 Å². The Bertz CT molecular complexity index is 879. The number of para-hydroxylation sites is 1. The molecule has 0 saturated heterocycles. The van der Waals surface area contributed by atoms with Crippen LogP contribution in [0.3, 0.4) is 0 Å². The summed E-state index contributed by atoms with van der Waals surface area (Å²) in [5.41, 5.74) is 1.88. The van der Waals surface area contributed by atoms with Gasteiger partial charge in [-0.25, -0.2) is 0 Å². The fourth-order valence-electron chi connectivity index (χ4n) is 4.01. The third kappa shape index (κ3) is 6.47. The van der Waals surface area contributed by atoms with Crippen LogP contribution in [0.2, 0.25) is 5.02 Å². The predicted octanol–water partition coefficient (Wildman–Crippen LogP) is 4.89. The van der Waals surface area contributed by atoms with Crippen molar-refractivity contribution in [1.82, 2.24) is 10.2 Å². The summed E-state index contributed by atoms with van der Waals surface area (Å²) in [6, 6.07) is 14.6. The van der Waals surface area contributed by atoms with Crippen molar-refractivity contribution < 1.29 is 14.3 Å². The molecule has 0 spiro atoms. The number of ether oxygens (including phenoxy) is 1. The summed E-state index contributed by atoms with van der Waals surface area (Å²) < 4.78 is 5.80. The summed E-state index contributed by atoms with van der Waals surface area (Å²) in [5, 5.41) is 3.78. The first kappa shape index (κ1) is 23.1. The Balaban J connectivity index is 1.76. The zero-order valence-electron chi connectivity index (χ0n) is 18.3. The number of carbonyl (C=O) groups is 2. The van der Waals surface area contributed by atoms with Crippen molar-refractivity contribution in [2.75, 3.05) is 6.61 Å². The molecule has 2 aromatic carbocycles. The average Bonchev–Trinajstić information content (AvgIpc) is 3.27. The maximum absolute atomic E-state index is 13.2. The smallest absolute Gasteiger partial charge is 0.261 e. The van der Waals surface area contributed by atoms with Gasteiger partial charge >= 0.3 is 0 Å². The van der Waals surface area contributed by atoms with Crippen molar-refractivity contribution in [2.24, 2.45) is 0 Å². The van der Waals surface area contributed by atoms with Gasteiger partial charge in [-0.05, 0) is 55.5 Å². The Morgan fingerprint density at radius 3 is 2.45 bits per heavy atom. The molecule has 2 amide bonds. The van der Waals surface area contributed by atoms with Crippen molar-refractivity contribution in [3.8, 4) is 5.75 Å². The zero-order chi connectivity index (χ0) is 22.2. The molecule has 5 nitrogen and oxygen atoms in total. The Hall–Kier alpha value is -2.53. The van der Waals surface area contributed by atoms with Crippen LogP contribution in [0.15, 0.2) is 48.5 Å². The Kier molecular flexibility index (Phi) is 8.35. The fourth-order valence-corrected chi connectivity index (χ4v) is 4.14. The minimum Gasteiger partial charge on any atom is -0.484 e. The molecule has 0 bridgehead atoms. The summed E-state index contributed by atoms with van der Waals surface area (Å²) >= 11 is 6.01. The second kappa shape index (κ2) is 11.2. The molecular formula is C25H31ClN2O3. The fraction of sp³-hybridized carbons (Fsp3) is 0.440. The molecule has 166 valence electrons. The van der Waals surface area contributed by atoms with Gasteiger partial charge in [0.05, 0.1) is 0 Å². The van der Waals surface area contributed by atoms with E-state index in [0.29, 0.717) is 23.7 Å². The highest BCUT2D eigenvalue weighted by Gasteiger charge is 2.30. The maximum atomic E-state index is 13.2. The number of nitrogens with zero attached hydrogens (tertiary/aromatic N) is 1. The van der Waals surface area contributed by atoms with Gasteiger partial charge in [-0.15, -0.1) is 0 Å². The largest absolute Gasteiger partial charge is 0.484 e. The van der Waals surface area contributed by atoms with Crippen molar-refractivity contribution in [2.45, 2.75) is 64.6 Å². The van der Waals surface area contributed by atoms with Gasteiger partial charge in [0.15, 0.2) is 6.61 Å². The molecule has 0 aliphatic heterocycles. The predicted molar refractivity (Wildman–Crippen MR) is 123 cm³/mol. The summed E-state index contributed by atoms with van der Waals surface area (Å²) in [6.07, 6.45) is 4.81. The van der Waals surface area contributed by atoms with Crippen LogP contribution in [0, 0.1) is 6.92 Å². The molecule has 0 heterocycles. The Labute approximate surface area is 189 Å². The first-order valence-corrected chi connectivity index (χ1v) is 11.4. The number of benzene rings is 2. The van der Waals surface area contributed by atoms with E-state index in [0.717, 1.165) is 36.8 Å². The quantitative estimate of drug-likeness (QED) is 0.601. The van der Waals surface area contributed by atoms with Gasteiger partial charge in [0.1, 0.15) is 11.8 Å². The molecule has 1 aliphatic carbocycles. The number of nitrogens with one attached hydrogen (secondary N) is 1. The van der Waals surface area contributed by atoms with E-state index in [1.807, 2.05) is 50.2 Å². The van der Waals surface area contributed by atoms with Crippen LogP contribution in [0.5, 0.6) is 5.75 Å². The molecule has 1 atom stereocenters. The molecular weight excluding hydrogens is 412 g/mol. The summed E-state index contributed by atoms with van der Waals surface area (Å²) in [5.74, 6) is 0.366. The molecule has 0 radical (unpaired) electrons. The first-order chi connectivity index (χ1) is 15.0. The van der Waals surface area contributed by atoms with E-state index in [2.05, 4.69) is 5.32 Å². The average molecular weight is 443 g/mol. The van der Waals surface area contributed by atoms with Crippen LogP contribution in [-0.4, -0.2) is 35.4 Å².